The number of carbonyl (C=O) groups excluding carboxylic acids is 2. The number of nitrogens with one attached hydrogen (secondary N) is 2. The van der Waals surface area contributed by atoms with Crippen molar-refractivity contribution in [1.82, 2.24) is 15.1 Å². The number of rotatable bonds is 9. The number of amides is 2. The minimum absolute atomic E-state index is 0.0830. The molecule has 0 spiro atoms. The lowest BCUT2D eigenvalue weighted by Gasteiger charge is -2.49. The molecule has 3 aliphatic rings. The minimum atomic E-state index is -3.59. The molecule has 5 atom stereocenters. The summed E-state index contributed by atoms with van der Waals surface area (Å²) in [5, 5.41) is 12.5. The SMILES string of the molecule is CS(=O)(=O)N[C@H]1CCCC[C@@H]1N1C(=O)c2ccccc2[C@@H](C(=O)NOCCC2C=CC=[N+]2[O-])[C@@H]1c1ccc(Cl)cc1Cl. The maximum absolute atomic E-state index is 14.3. The molecule has 2 amide bonds. The molecule has 10 nitrogen and oxygen atoms in total. The topological polar surface area (TPSA) is 131 Å². The van der Waals surface area contributed by atoms with Crippen molar-refractivity contribution >= 4 is 51.3 Å². The smallest absolute Gasteiger partial charge is 0.255 e. The fourth-order valence-electron chi connectivity index (χ4n) is 6.17. The van der Waals surface area contributed by atoms with Crippen molar-refractivity contribution in [1.29, 1.82) is 0 Å². The summed E-state index contributed by atoms with van der Waals surface area (Å²) >= 11 is 12.9. The van der Waals surface area contributed by atoms with E-state index in [0.29, 0.717) is 41.0 Å². The van der Waals surface area contributed by atoms with E-state index in [2.05, 4.69) is 10.2 Å². The number of carbonyl (C=O) groups is 2. The lowest BCUT2D eigenvalue weighted by atomic mass is 9.76. The van der Waals surface area contributed by atoms with Crippen LogP contribution in [-0.2, 0) is 19.7 Å². The second-order valence-electron chi connectivity index (χ2n) is 10.8. The predicted molar refractivity (Wildman–Crippen MR) is 160 cm³/mol. The molecule has 2 N–H and O–H groups in total. The Labute approximate surface area is 254 Å². The van der Waals surface area contributed by atoms with Gasteiger partial charge in [-0.3, -0.25) is 14.4 Å². The molecule has 2 aromatic rings. The third-order valence-corrected chi connectivity index (χ3v) is 9.27. The van der Waals surface area contributed by atoms with Crippen LogP contribution < -0.4 is 10.2 Å². The number of nitrogens with zero attached hydrogens (tertiary/aromatic N) is 2. The van der Waals surface area contributed by atoms with Crippen LogP contribution in [0.25, 0.3) is 0 Å². The van der Waals surface area contributed by atoms with E-state index in [9.17, 15) is 23.2 Å². The number of benzene rings is 2. The summed E-state index contributed by atoms with van der Waals surface area (Å²) in [6, 6.07) is 9.40. The molecule has 0 aromatic heterocycles. The summed E-state index contributed by atoms with van der Waals surface area (Å²) in [4.78, 5) is 35.4. The molecule has 2 heterocycles. The zero-order valence-electron chi connectivity index (χ0n) is 22.9. The van der Waals surface area contributed by atoms with Crippen LogP contribution in [0.15, 0.2) is 54.6 Å². The Kier molecular flexibility index (Phi) is 9.24. The van der Waals surface area contributed by atoms with Gasteiger partial charge in [0.05, 0.1) is 24.8 Å². The summed E-state index contributed by atoms with van der Waals surface area (Å²) < 4.78 is 28.2. The van der Waals surface area contributed by atoms with Gasteiger partial charge in [-0.25, -0.2) is 23.4 Å². The van der Waals surface area contributed by atoms with Gasteiger partial charge in [-0.05, 0) is 48.2 Å². The Morgan fingerprint density at radius 1 is 1.14 bits per heavy atom. The van der Waals surface area contributed by atoms with Crippen molar-refractivity contribution in [2.75, 3.05) is 12.9 Å². The Hall–Kier alpha value is -2.96. The first-order valence-corrected chi connectivity index (χ1v) is 16.4. The van der Waals surface area contributed by atoms with Crippen LogP contribution in [-0.4, -0.2) is 67.1 Å². The summed E-state index contributed by atoms with van der Waals surface area (Å²) in [5.74, 6) is -1.78. The van der Waals surface area contributed by atoms with E-state index in [0.717, 1.165) is 23.8 Å². The van der Waals surface area contributed by atoms with Crippen molar-refractivity contribution in [3.63, 3.8) is 0 Å². The Morgan fingerprint density at radius 2 is 1.90 bits per heavy atom. The number of fused-ring (bicyclic) bond motifs is 1. The molecule has 224 valence electrons. The average Bonchev–Trinajstić information content (AvgIpc) is 3.35. The summed E-state index contributed by atoms with van der Waals surface area (Å²) in [7, 11) is -3.59. The maximum Gasteiger partial charge on any atom is 0.255 e. The second-order valence-corrected chi connectivity index (χ2v) is 13.4. The van der Waals surface area contributed by atoms with Gasteiger partial charge in [0.25, 0.3) is 11.8 Å². The molecule has 1 aliphatic carbocycles. The van der Waals surface area contributed by atoms with Crippen LogP contribution in [0.5, 0.6) is 0 Å². The molecule has 2 aliphatic heterocycles. The van der Waals surface area contributed by atoms with Gasteiger partial charge < -0.3 is 10.1 Å². The fourth-order valence-corrected chi connectivity index (χ4v) is 7.52. The molecule has 1 fully saturated rings. The van der Waals surface area contributed by atoms with Crippen molar-refractivity contribution in [3.05, 3.63) is 86.6 Å². The Balaban J connectivity index is 1.54. The number of halogens is 2. The molecule has 0 saturated heterocycles. The van der Waals surface area contributed by atoms with Crippen molar-refractivity contribution in [3.8, 4) is 0 Å². The second kappa shape index (κ2) is 12.7. The fraction of sp³-hybridized carbons (Fsp3) is 0.414. The van der Waals surface area contributed by atoms with Gasteiger partial charge in [0, 0.05) is 40.2 Å². The highest BCUT2D eigenvalue weighted by molar-refractivity contribution is 7.88. The molecule has 42 heavy (non-hydrogen) atoms. The zero-order chi connectivity index (χ0) is 30.0. The largest absolute Gasteiger partial charge is 0.623 e. The van der Waals surface area contributed by atoms with Crippen LogP contribution in [0.3, 0.4) is 0 Å². The van der Waals surface area contributed by atoms with Gasteiger partial charge in [0.1, 0.15) is 0 Å². The molecule has 13 heteroatoms. The van der Waals surface area contributed by atoms with E-state index < -0.39 is 40.0 Å². The number of allylic oxidation sites excluding steroid dienone is 1. The van der Waals surface area contributed by atoms with Crippen LogP contribution >= 0.6 is 23.2 Å². The van der Waals surface area contributed by atoms with Crippen LogP contribution in [0.2, 0.25) is 10.0 Å². The summed E-state index contributed by atoms with van der Waals surface area (Å²) in [6.45, 7) is 0.0830. The Bertz CT molecular complexity index is 1530. The van der Waals surface area contributed by atoms with Gasteiger partial charge >= 0.3 is 0 Å². The van der Waals surface area contributed by atoms with Crippen LogP contribution in [0.4, 0.5) is 0 Å². The molecule has 2 aromatic carbocycles. The normalized spacial score (nSPS) is 25.7. The third kappa shape index (κ3) is 6.50. The standard InChI is InChI=1S/C29H32Cl2N4O6S/c1-42(39,40)33-24-10-4-5-11-25(24)35-27(22-13-12-18(30)17-23(22)31)26(20-8-2-3-9-21(20)29(35)37)28(36)32-41-16-14-19-7-6-15-34(19)38/h2-3,6-9,12-13,15,17,19,24-27,33H,4-5,10-11,14,16H2,1H3,(H,32,36)/t19?,24-,25-,26+,27-/m0/s1. The summed E-state index contributed by atoms with van der Waals surface area (Å²) in [6.07, 6.45) is 8.93. The summed E-state index contributed by atoms with van der Waals surface area (Å²) in [5.41, 5.74) is 3.88. The van der Waals surface area contributed by atoms with Crippen LogP contribution in [0, 0.1) is 5.21 Å². The van der Waals surface area contributed by atoms with E-state index in [1.807, 2.05) is 0 Å². The van der Waals surface area contributed by atoms with Gasteiger partial charge in [-0.1, -0.05) is 60.3 Å². The van der Waals surface area contributed by atoms with Crippen molar-refractivity contribution in [2.24, 2.45) is 0 Å². The number of hydroxylamine groups is 2. The molecule has 5 rings (SSSR count). The highest BCUT2D eigenvalue weighted by atomic mass is 35.5. The van der Waals surface area contributed by atoms with Gasteiger partial charge in [-0.15, -0.1) is 0 Å². The van der Waals surface area contributed by atoms with E-state index in [1.165, 1.54) is 6.21 Å². The van der Waals surface area contributed by atoms with Crippen molar-refractivity contribution < 1.29 is 27.6 Å². The number of sulfonamides is 1. The lowest BCUT2D eigenvalue weighted by molar-refractivity contribution is -0.480. The molecular formula is C29H32Cl2N4O6S. The van der Waals surface area contributed by atoms with E-state index >= 15 is 0 Å². The predicted octanol–water partition coefficient (Wildman–Crippen LogP) is 4.09. The first kappa shape index (κ1) is 30.5. The molecule has 0 bridgehead atoms. The van der Waals surface area contributed by atoms with Gasteiger partial charge in [0.2, 0.25) is 10.0 Å². The quantitative estimate of drug-likeness (QED) is 0.185. The van der Waals surface area contributed by atoms with E-state index in [1.54, 1.807) is 59.5 Å². The molecule has 0 radical (unpaired) electrons. The molecule has 1 unspecified atom stereocenters. The first-order valence-electron chi connectivity index (χ1n) is 13.8. The average molecular weight is 636 g/mol. The number of hydrogen-bond donors (Lipinski definition) is 2. The maximum atomic E-state index is 14.3. The zero-order valence-corrected chi connectivity index (χ0v) is 25.2. The lowest BCUT2D eigenvalue weighted by Crippen LogP contribution is -2.59. The van der Waals surface area contributed by atoms with E-state index in [4.69, 9.17) is 28.0 Å². The first-order chi connectivity index (χ1) is 20.0. The highest BCUT2D eigenvalue weighted by Gasteiger charge is 2.49. The molecular weight excluding hydrogens is 603 g/mol. The van der Waals surface area contributed by atoms with Gasteiger partial charge in [-0.2, -0.15) is 0 Å². The van der Waals surface area contributed by atoms with E-state index in [-0.39, 0.29) is 23.6 Å². The minimum Gasteiger partial charge on any atom is -0.623 e. The van der Waals surface area contributed by atoms with Gasteiger partial charge in [0.15, 0.2) is 12.3 Å². The van der Waals surface area contributed by atoms with Crippen molar-refractivity contribution in [2.45, 2.75) is 62.2 Å². The highest BCUT2D eigenvalue weighted by Crippen LogP contribution is 2.47. The third-order valence-electron chi connectivity index (χ3n) is 7.97. The monoisotopic (exact) mass is 634 g/mol. The number of hydrogen-bond acceptors (Lipinski definition) is 6. The molecule has 1 saturated carbocycles. The van der Waals surface area contributed by atoms with Crippen LogP contribution in [0.1, 0.15) is 65.5 Å². The Morgan fingerprint density at radius 3 is 2.62 bits per heavy atom.